The molecular weight excluding hydrogens is 328 g/mol. The van der Waals surface area contributed by atoms with E-state index >= 15 is 0 Å². The minimum absolute atomic E-state index is 0.687. The molecule has 0 amide bonds. The van der Waals surface area contributed by atoms with Crippen molar-refractivity contribution in [1.29, 1.82) is 0 Å². The molecule has 3 aromatic heterocycles. The lowest BCUT2D eigenvalue weighted by Gasteiger charge is -2.35. The molecule has 130 valence electrons. The molecule has 0 N–H and O–H groups in total. The van der Waals surface area contributed by atoms with Crippen molar-refractivity contribution in [3.05, 3.63) is 53.8 Å². The predicted molar refractivity (Wildman–Crippen MR) is 105 cm³/mol. The predicted octanol–water partition coefficient (Wildman–Crippen LogP) is 4.04. The lowest BCUT2D eigenvalue weighted by Crippen LogP contribution is -2.40. The summed E-state index contributed by atoms with van der Waals surface area (Å²) >= 11 is 1.80. The Kier molecular flexibility index (Phi) is 4.95. The first-order valence-electron chi connectivity index (χ1n) is 8.94. The van der Waals surface area contributed by atoms with Crippen LogP contribution in [0.1, 0.15) is 18.4 Å². The van der Waals surface area contributed by atoms with Gasteiger partial charge < -0.3 is 9.80 Å². The van der Waals surface area contributed by atoms with Gasteiger partial charge in [0.1, 0.15) is 5.82 Å². The first-order chi connectivity index (χ1) is 12.3. The van der Waals surface area contributed by atoms with E-state index in [1.807, 2.05) is 24.7 Å². The fourth-order valence-corrected chi connectivity index (χ4v) is 4.73. The van der Waals surface area contributed by atoms with E-state index in [4.69, 9.17) is 4.98 Å². The molecule has 0 radical (unpaired) electrons. The van der Waals surface area contributed by atoms with Gasteiger partial charge in [-0.05, 0) is 60.3 Å². The Morgan fingerprint density at radius 2 is 2.24 bits per heavy atom. The van der Waals surface area contributed by atoms with Crippen molar-refractivity contribution in [3.8, 4) is 0 Å². The monoisotopic (exact) mass is 352 g/mol. The van der Waals surface area contributed by atoms with Crippen molar-refractivity contribution < 1.29 is 0 Å². The highest BCUT2D eigenvalue weighted by Crippen LogP contribution is 2.32. The molecular formula is C20H24N4S. The highest BCUT2D eigenvalue weighted by molar-refractivity contribution is 7.17. The third-order valence-electron chi connectivity index (χ3n) is 4.91. The number of rotatable bonds is 5. The summed E-state index contributed by atoms with van der Waals surface area (Å²) in [4.78, 5) is 13.8. The number of pyridine rings is 2. The van der Waals surface area contributed by atoms with Crippen molar-refractivity contribution in [2.75, 3.05) is 31.6 Å². The molecule has 4 rings (SSSR count). The minimum Gasteiger partial charge on any atom is -0.355 e. The van der Waals surface area contributed by atoms with Gasteiger partial charge in [-0.2, -0.15) is 0 Å². The SMILES string of the molecule is CN(Cc1cccnc1)CC1CCCN(c2nccc3ccsc23)C1. The van der Waals surface area contributed by atoms with E-state index in [1.54, 1.807) is 11.3 Å². The minimum atomic E-state index is 0.687. The van der Waals surface area contributed by atoms with Crippen molar-refractivity contribution in [2.24, 2.45) is 5.92 Å². The maximum atomic E-state index is 4.70. The van der Waals surface area contributed by atoms with E-state index in [-0.39, 0.29) is 0 Å². The maximum Gasteiger partial charge on any atom is 0.146 e. The fraction of sp³-hybridized carbons (Fsp3) is 0.400. The van der Waals surface area contributed by atoms with Crippen LogP contribution < -0.4 is 4.90 Å². The maximum absolute atomic E-state index is 4.70. The molecule has 0 bridgehead atoms. The number of anilines is 1. The zero-order valence-corrected chi connectivity index (χ0v) is 15.5. The molecule has 1 aliphatic rings. The van der Waals surface area contributed by atoms with Gasteiger partial charge in [-0.3, -0.25) is 4.98 Å². The lowest BCUT2D eigenvalue weighted by molar-refractivity contribution is 0.248. The van der Waals surface area contributed by atoms with Crippen molar-refractivity contribution in [1.82, 2.24) is 14.9 Å². The summed E-state index contributed by atoms with van der Waals surface area (Å²) in [5.41, 5.74) is 1.28. The Hall–Kier alpha value is -1.98. The Balaban J connectivity index is 1.42. The van der Waals surface area contributed by atoms with Crippen LogP contribution in [0.25, 0.3) is 10.1 Å². The molecule has 1 unspecified atom stereocenters. The van der Waals surface area contributed by atoms with E-state index in [1.165, 1.54) is 34.3 Å². The summed E-state index contributed by atoms with van der Waals surface area (Å²) in [7, 11) is 2.21. The second kappa shape index (κ2) is 7.50. The van der Waals surface area contributed by atoms with Gasteiger partial charge >= 0.3 is 0 Å². The van der Waals surface area contributed by atoms with Crippen molar-refractivity contribution in [2.45, 2.75) is 19.4 Å². The number of thiophene rings is 1. The summed E-state index contributed by atoms with van der Waals surface area (Å²) in [6.45, 7) is 4.29. The van der Waals surface area contributed by atoms with Crippen LogP contribution in [-0.2, 0) is 6.54 Å². The lowest BCUT2D eigenvalue weighted by atomic mass is 9.97. The van der Waals surface area contributed by atoms with Crippen molar-refractivity contribution in [3.63, 3.8) is 0 Å². The van der Waals surface area contributed by atoms with Gasteiger partial charge in [-0.1, -0.05) is 6.07 Å². The number of nitrogens with zero attached hydrogens (tertiary/aromatic N) is 4. The smallest absolute Gasteiger partial charge is 0.146 e. The van der Waals surface area contributed by atoms with Gasteiger partial charge in [0, 0.05) is 44.8 Å². The first kappa shape index (κ1) is 16.5. The molecule has 25 heavy (non-hydrogen) atoms. The average Bonchev–Trinajstić information content (AvgIpc) is 3.11. The van der Waals surface area contributed by atoms with Crippen LogP contribution in [0, 0.1) is 5.92 Å². The van der Waals surface area contributed by atoms with E-state index in [2.05, 4.69) is 45.4 Å². The number of piperidine rings is 1. The van der Waals surface area contributed by atoms with Gasteiger partial charge in [0.05, 0.1) is 4.70 Å². The Labute approximate surface area is 153 Å². The fourth-order valence-electron chi connectivity index (χ4n) is 3.82. The number of fused-ring (bicyclic) bond motifs is 1. The van der Waals surface area contributed by atoms with Crippen molar-refractivity contribution >= 4 is 27.2 Å². The van der Waals surface area contributed by atoms with Crippen LogP contribution in [0.5, 0.6) is 0 Å². The quantitative estimate of drug-likeness (QED) is 0.694. The second-order valence-corrected chi connectivity index (χ2v) is 7.90. The van der Waals surface area contributed by atoms with Gasteiger partial charge in [0.25, 0.3) is 0 Å². The number of aromatic nitrogens is 2. The zero-order chi connectivity index (χ0) is 17.1. The molecule has 1 aliphatic heterocycles. The Bertz CT molecular complexity index is 817. The molecule has 1 fully saturated rings. The highest BCUT2D eigenvalue weighted by Gasteiger charge is 2.23. The molecule has 4 nitrogen and oxygen atoms in total. The number of hydrogen-bond acceptors (Lipinski definition) is 5. The average molecular weight is 353 g/mol. The van der Waals surface area contributed by atoms with Crippen LogP contribution in [0.15, 0.2) is 48.2 Å². The van der Waals surface area contributed by atoms with Crippen LogP contribution >= 0.6 is 11.3 Å². The Morgan fingerprint density at radius 3 is 3.12 bits per heavy atom. The van der Waals surface area contributed by atoms with Gasteiger partial charge in [0.2, 0.25) is 0 Å². The molecule has 3 aromatic rings. The normalized spacial score (nSPS) is 18.2. The highest BCUT2D eigenvalue weighted by atomic mass is 32.1. The molecule has 0 aliphatic carbocycles. The summed E-state index contributed by atoms with van der Waals surface area (Å²) in [5, 5.41) is 3.48. The molecule has 0 saturated carbocycles. The summed E-state index contributed by atoms with van der Waals surface area (Å²) in [5.74, 6) is 1.86. The third-order valence-corrected chi connectivity index (χ3v) is 5.84. The van der Waals surface area contributed by atoms with Gasteiger partial charge in [0.15, 0.2) is 0 Å². The number of hydrogen-bond donors (Lipinski definition) is 0. The first-order valence-corrected chi connectivity index (χ1v) is 9.82. The molecule has 1 saturated heterocycles. The van der Waals surface area contributed by atoms with E-state index in [0.717, 1.165) is 26.2 Å². The topological polar surface area (TPSA) is 32.3 Å². The van der Waals surface area contributed by atoms with Gasteiger partial charge in [-0.25, -0.2) is 4.98 Å². The van der Waals surface area contributed by atoms with Crippen LogP contribution in [-0.4, -0.2) is 41.5 Å². The zero-order valence-electron chi connectivity index (χ0n) is 14.6. The van der Waals surface area contributed by atoms with Crippen LogP contribution in [0.3, 0.4) is 0 Å². The molecule has 5 heteroatoms. The van der Waals surface area contributed by atoms with Crippen LogP contribution in [0.2, 0.25) is 0 Å². The molecule has 1 atom stereocenters. The summed E-state index contributed by atoms with van der Waals surface area (Å²) in [6.07, 6.45) is 8.29. The largest absolute Gasteiger partial charge is 0.355 e. The summed E-state index contributed by atoms with van der Waals surface area (Å²) < 4.78 is 1.33. The van der Waals surface area contributed by atoms with E-state index in [9.17, 15) is 0 Å². The molecule has 0 aromatic carbocycles. The second-order valence-electron chi connectivity index (χ2n) is 6.99. The van der Waals surface area contributed by atoms with E-state index in [0.29, 0.717) is 5.92 Å². The third kappa shape index (κ3) is 3.83. The Morgan fingerprint density at radius 1 is 1.28 bits per heavy atom. The van der Waals surface area contributed by atoms with E-state index < -0.39 is 0 Å². The summed E-state index contributed by atoms with van der Waals surface area (Å²) in [6, 6.07) is 8.46. The van der Waals surface area contributed by atoms with Gasteiger partial charge in [-0.15, -0.1) is 11.3 Å². The van der Waals surface area contributed by atoms with Crippen LogP contribution in [0.4, 0.5) is 5.82 Å². The standard InChI is InChI=1S/C20H24N4S/c1-23(13-16-4-2-8-21-12-16)14-17-5-3-10-24(15-17)20-19-18(6-9-22-20)7-11-25-19/h2,4,6-9,11-12,17H,3,5,10,13-15H2,1H3. The molecule has 0 spiro atoms. The molecule has 4 heterocycles.